The van der Waals surface area contributed by atoms with Crippen LogP contribution in [0.15, 0.2) is 53.9 Å². The summed E-state index contributed by atoms with van der Waals surface area (Å²) < 4.78 is 5.19. The van der Waals surface area contributed by atoms with Crippen LogP contribution in [0.5, 0.6) is 5.75 Å². The van der Waals surface area contributed by atoms with Crippen LogP contribution in [0, 0.1) is 5.92 Å². The summed E-state index contributed by atoms with van der Waals surface area (Å²) in [5.74, 6) is 1.20. The molecule has 1 N–H and O–H groups in total. The Morgan fingerprint density at radius 2 is 1.93 bits per heavy atom. The van der Waals surface area contributed by atoms with E-state index in [-0.39, 0.29) is 17.7 Å². The number of amides is 1. The molecule has 1 aliphatic rings. The first kappa shape index (κ1) is 17.7. The molecule has 0 saturated heterocycles. The molecule has 2 aromatic carbocycles. The topological polar surface area (TPSA) is 51.2 Å². The van der Waals surface area contributed by atoms with Crippen LogP contribution >= 0.6 is 11.3 Å². The smallest absolute Gasteiger partial charge is 0.229 e. The number of aryl methyl sites for hydroxylation is 1. The van der Waals surface area contributed by atoms with E-state index < -0.39 is 0 Å². The fourth-order valence-corrected chi connectivity index (χ4v) is 4.00. The Labute approximate surface area is 163 Å². The Morgan fingerprint density at radius 1 is 1.19 bits per heavy atom. The molecule has 1 heterocycles. The van der Waals surface area contributed by atoms with Crippen molar-refractivity contribution in [2.24, 2.45) is 5.92 Å². The lowest BCUT2D eigenvalue weighted by Crippen LogP contribution is -2.14. The van der Waals surface area contributed by atoms with Crippen molar-refractivity contribution < 1.29 is 9.53 Å². The van der Waals surface area contributed by atoms with Gasteiger partial charge in [0.1, 0.15) is 5.75 Å². The van der Waals surface area contributed by atoms with Crippen molar-refractivity contribution in [3.63, 3.8) is 0 Å². The molecule has 3 aromatic rings. The quantitative estimate of drug-likeness (QED) is 0.647. The molecule has 138 valence electrons. The second-order valence-corrected chi connectivity index (χ2v) is 7.66. The lowest BCUT2D eigenvalue weighted by Gasteiger charge is -2.03. The normalized spacial score (nSPS) is 18.1. The van der Waals surface area contributed by atoms with E-state index in [1.54, 1.807) is 7.11 Å². The molecule has 0 radical (unpaired) electrons. The van der Waals surface area contributed by atoms with Crippen LogP contribution in [-0.4, -0.2) is 18.0 Å². The van der Waals surface area contributed by atoms with Gasteiger partial charge in [0.15, 0.2) is 5.13 Å². The summed E-state index contributed by atoms with van der Waals surface area (Å²) in [5, 5.41) is 5.64. The Balaban J connectivity index is 1.38. The molecule has 2 unspecified atom stereocenters. The van der Waals surface area contributed by atoms with E-state index in [2.05, 4.69) is 41.5 Å². The SMILES string of the molecule is CCc1ccc(-c2csc(NC(=O)C3CC3c3ccc(OC)cc3)n2)cc1. The van der Waals surface area contributed by atoms with Crippen LogP contribution < -0.4 is 10.1 Å². The molecule has 2 atom stereocenters. The third kappa shape index (κ3) is 3.88. The van der Waals surface area contributed by atoms with Crippen LogP contribution in [0.4, 0.5) is 5.13 Å². The Kier molecular flexibility index (Phi) is 4.94. The monoisotopic (exact) mass is 378 g/mol. The predicted octanol–water partition coefficient (Wildman–Crippen LogP) is 5.12. The van der Waals surface area contributed by atoms with Gasteiger partial charge in [0.05, 0.1) is 12.8 Å². The minimum absolute atomic E-state index is 0.0228. The minimum Gasteiger partial charge on any atom is -0.497 e. The maximum absolute atomic E-state index is 12.5. The van der Waals surface area contributed by atoms with Crippen molar-refractivity contribution in [2.75, 3.05) is 12.4 Å². The van der Waals surface area contributed by atoms with Crippen LogP contribution in [0.2, 0.25) is 0 Å². The lowest BCUT2D eigenvalue weighted by atomic mass is 10.1. The number of carbonyl (C=O) groups is 1. The number of aromatic nitrogens is 1. The number of methoxy groups -OCH3 is 1. The van der Waals surface area contributed by atoms with E-state index in [9.17, 15) is 4.79 Å². The average Bonchev–Trinajstić information content (AvgIpc) is 3.40. The Bertz CT molecular complexity index is 932. The first-order valence-electron chi connectivity index (χ1n) is 9.17. The van der Waals surface area contributed by atoms with Crippen molar-refractivity contribution in [3.05, 3.63) is 65.0 Å². The van der Waals surface area contributed by atoms with Crippen LogP contribution in [0.1, 0.15) is 30.4 Å². The average molecular weight is 378 g/mol. The maximum Gasteiger partial charge on any atom is 0.229 e. The second-order valence-electron chi connectivity index (χ2n) is 6.80. The highest BCUT2D eigenvalue weighted by molar-refractivity contribution is 7.14. The van der Waals surface area contributed by atoms with Gasteiger partial charge in [-0.3, -0.25) is 4.79 Å². The number of benzene rings is 2. The van der Waals surface area contributed by atoms with E-state index in [0.717, 1.165) is 29.8 Å². The molecule has 27 heavy (non-hydrogen) atoms. The largest absolute Gasteiger partial charge is 0.497 e. The van der Waals surface area contributed by atoms with Gasteiger partial charge in [-0.15, -0.1) is 11.3 Å². The van der Waals surface area contributed by atoms with Crippen molar-refractivity contribution in [1.82, 2.24) is 4.98 Å². The van der Waals surface area contributed by atoms with Crippen LogP contribution in [0.25, 0.3) is 11.3 Å². The zero-order valence-corrected chi connectivity index (χ0v) is 16.3. The predicted molar refractivity (Wildman–Crippen MR) is 109 cm³/mol. The molecule has 0 aliphatic heterocycles. The zero-order chi connectivity index (χ0) is 18.8. The van der Waals surface area contributed by atoms with Gasteiger partial charge in [0.2, 0.25) is 5.91 Å². The summed E-state index contributed by atoms with van der Waals surface area (Å²) in [7, 11) is 1.66. The van der Waals surface area contributed by atoms with Gasteiger partial charge >= 0.3 is 0 Å². The summed E-state index contributed by atoms with van der Waals surface area (Å²) in [6.07, 6.45) is 1.91. The van der Waals surface area contributed by atoms with Gasteiger partial charge in [0.25, 0.3) is 0 Å². The van der Waals surface area contributed by atoms with E-state index in [1.165, 1.54) is 22.5 Å². The van der Waals surface area contributed by atoms with Crippen molar-refractivity contribution in [3.8, 4) is 17.0 Å². The van der Waals surface area contributed by atoms with Crippen molar-refractivity contribution in [2.45, 2.75) is 25.7 Å². The Morgan fingerprint density at radius 3 is 2.59 bits per heavy atom. The van der Waals surface area contributed by atoms with Crippen molar-refractivity contribution in [1.29, 1.82) is 0 Å². The second kappa shape index (κ2) is 7.53. The molecule has 1 saturated carbocycles. The van der Waals surface area contributed by atoms with Crippen LogP contribution in [0.3, 0.4) is 0 Å². The molecule has 1 amide bonds. The summed E-state index contributed by atoms with van der Waals surface area (Å²) in [4.78, 5) is 17.1. The number of thiazole rings is 1. The highest BCUT2D eigenvalue weighted by Gasteiger charge is 2.44. The number of ether oxygens (including phenoxy) is 1. The molecule has 4 rings (SSSR count). The fraction of sp³-hybridized carbons (Fsp3) is 0.273. The molecule has 0 bridgehead atoms. The van der Waals surface area contributed by atoms with Gasteiger partial charge in [-0.1, -0.05) is 43.3 Å². The van der Waals surface area contributed by atoms with Gasteiger partial charge < -0.3 is 10.1 Å². The maximum atomic E-state index is 12.5. The summed E-state index contributed by atoms with van der Waals surface area (Å²) in [6, 6.07) is 16.4. The summed E-state index contributed by atoms with van der Waals surface area (Å²) >= 11 is 1.47. The molecular formula is C22H22N2O2S. The highest BCUT2D eigenvalue weighted by atomic mass is 32.1. The molecular weight excluding hydrogens is 356 g/mol. The number of hydrogen-bond acceptors (Lipinski definition) is 4. The Hall–Kier alpha value is -2.66. The molecule has 1 aromatic heterocycles. The van der Waals surface area contributed by atoms with E-state index in [1.807, 2.05) is 29.6 Å². The summed E-state index contributed by atoms with van der Waals surface area (Å²) in [5.41, 5.74) is 4.47. The number of nitrogens with one attached hydrogen (secondary N) is 1. The first-order valence-corrected chi connectivity index (χ1v) is 10.1. The van der Waals surface area contributed by atoms with E-state index in [0.29, 0.717) is 5.13 Å². The fourth-order valence-electron chi connectivity index (χ4n) is 3.28. The number of hydrogen-bond donors (Lipinski definition) is 1. The van der Waals surface area contributed by atoms with E-state index >= 15 is 0 Å². The highest BCUT2D eigenvalue weighted by Crippen LogP contribution is 2.48. The number of anilines is 1. The van der Waals surface area contributed by atoms with Gasteiger partial charge in [0, 0.05) is 16.9 Å². The number of rotatable bonds is 6. The third-order valence-corrected chi connectivity index (χ3v) is 5.82. The van der Waals surface area contributed by atoms with Gasteiger partial charge in [-0.2, -0.15) is 0 Å². The van der Waals surface area contributed by atoms with Crippen LogP contribution in [-0.2, 0) is 11.2 Å². The molecule has 0 spiro atoms. The van der Waals surface area contributed by atoms with Gasteiger partial charge in [-0.05, 0) is 42.0 Å². The first-order chi connectivity index (χ1) is 13.2. The van der Waals surface area contributed by atoms with Crippen molar-refractivity contribution >= 4 is 22.4 Å². The number of carbonyl (C=O) groups excluding carboxylic acids is 1. The molecule has 1 aliphatic carbocycles. The minimum atomic E-state index is 0.0228. The molecule has 1 fully saturated rings. The number of nitrogens with zero attached hydrogens (tertiary/aromatic N) is 1. The molecule has 4 nitrogen and oxygen atoms in total. The summed E-state index contributed by atoms with van der Waals surface area (Å²) in [6.45, 7) is 2.14. The van der Waals surface area contributed by atoms with Gasteiger partial charge in [-0.25, -0.2) is 4.98 Å². The molecule has 5 heteroatoms. The van der Waals surface area contributed by atoms with E-state index in [4.69, 9.17) is 4.74 Å². The zero-order valence-electron chi connectivity index (χ0n) is 15.4. The lowest BCUT2D eigenvalue weighted by molar-refractivity contribution is -0.117. The third-order valence-electron chi connectivity index (χ3n) is 5.06. The standard InChI is InChI=1S/C22H22N2O2S/c1-3-14-4-6-16(7-5-14)20-13-27-22(23-20)24-21(25)19-12-18(19)15-8-10-17(26-2)11-9-15/h4-11,13,18-19H,3,12H2,1-2H3,(H,23,24,25).